The Bertz CT molecular complexity index is 460. The molecule has 5 heteroatoms. The minimum Gasteiger partial charge on any atom is -0.481 e. The molecule has 2 N–H and O–H groups in total. The minimum atomic E-state index is -0.806. The lowest BCUT2D eigenvalue weighted by Gasteiger charge is -2.24. The molecule has 0 unspecified atom stereocenters. The van der Waals surface area contributed by atoms with Crippen molar-refractivity contribution < 1.29 is 9.90 Å². The highest BCUT2D eigenvalue weighted by Gasteiger charge is 2.21. The van der Waals surface area contributed by atoms with Crippen LogP contribution in [-0.2, 0) is 4.79 Å². The number of nitrogens with zero attached hydrogens (tertiary/aromatic N) is 1. The third kappa shape index (κ3) is 2.79. The molecule has 1 heterocycles. The molecule has 4 nitrogen and oxygen atoms in total. The summed E-state index contributed by atoms with van der Waals surface area (Å²) in [6, 6.07) is 7.89. The number of rotatable bonds is 4. The van der Waals surface area contributed by atoms with Crippen molar-refractivity contribution >= 4 is 29.3 Å². The zero-order valence-corrected chi connectivity index (χ0v) is 10.3. The molecule has 0 saturated carbocycles. The zero-order chi connectivity index (χ0) is 12.3. The van der Waals surface area contributed by atoms with Crippen molar-refractivity contribution in [1.29, 1.82) is 0 Å². The fourth-order valence-electron chi connectivity index (χ4n) is 1.68. The van der Waals surface area contributed by atoms with E-state index in [0.29, 0.717) is 0 Å². The number of anilines is 1. The maximum atomic E-state index is 10.6. The summed E-state index contributed by atoms with van der Waals surface area (Å²) in [5.41, 5.74) is 2.08. The SMILES string of the molecule is CCC1=N[C@H](SCC(=O)O)c2ccccc2N1. The minimum absolute atomic E-state index is 0.0689. The smallest absolute Gasteiger partial charge is 0.313 e. The van der Waals surface area contributed by atoms with E-state index < -0.39 is 5.97 Å². The first-order chi connectivity index (χ1) is 8.20. The van der Waals surface area contributed by atoms with Gasteiger partial charge in [0.1, 0.15) is 11.2 Å². The van der Waals surface area contributed by atoms with Gasteiger partial charge in [0.05, 0.1) is 5.75 Å². The summed E-state index contributed by atoms with van der Waals surface area (Å²) in [4.78, 5) is 15.1. The molecule has 1 aliphatic rings. The molecule has 90 valence electrons. The van der Waals surface area contributed by atoms with E-state index in [1.165, 1.54) is 11.8 Å². The summed E-state index contributed by atoms with van der Waals surface area (Å²) < 4.78 is 0. The monoisotopic (exact) mass is 250 g/mol. The summed E-state index contributed by atoms with van der Waals surface area (Å²) in [6.07, 6.45) is 0.818. The first kappa shape index (κ1) is 12.0. The Morgan fingerprint density at radius 1 is 1.53 bits per heavy atom. The van der Waals surface area contributed by atoms with Crippen LogP contribution in [0.3, 0.4) is 0 Å². The number of carboxylic acids is 1. The third-order valence-corrected chi connectivity index (χ3v) is 3.57. The molecule has 0 spiro atoms. The van der Waals surface area contributed by atoms with E-state index in [-0.39, 0.29) is 11.1 Å². The second-order valence-corrected chi connectivity index (χ2v) is 4.77. The lowest BCUT2D eigenvalue weighted by Crippen LogP contribution is -2.19. The molecule has 0 saturated heterocycles. The molecule has 1 atom stereocenters. The Labute approximate surface area is 104 Å². The van der Waals surface area contributed by atoms with Gasteiger partial charge in [-0.1, -0.05) is 25.1 Å². The number of hydrogen-bond acceptors (Lipinski definition) is 4. The lowest BCUT2D eigenvalue weighted by molar-refractivity contribution is -0.133. The van der Waals surface area contributed by atoms with Gasteiger partial charge in [-0.05, 0) is 6.07 Å². The second-order valence-electron chi connectivity index (χ2n) is 3.70. The van der Waals surface area contributed by atoms with Gasteiger partial charge in [-0.25, -0.2) is 0 Å². The van der Waals surface area contributed by atoms with Crippen LogP contribution in [0.2, 0.25) is 0 Å². The van der Waals surface area contributed by atoms with Crippen LogP contribution in [0.1, 0.15) is 24.3 Å². The number of thioether (sulfide) groups is 1. The predicted octanol–water partition coefficient (Wildman–Crippen LogP) is 2.74. The van der Waals surface area contributed by atoms with Gasteiger partial charge in [-0.15, -0.1) is 11.8 Å². The predicted molar refractivity (Wildman–Crippen MR) is 70.6 cm³/mol. The van der Waals surface area contributed by atoms with E-state index >= 15 is 0 Å². The molecule has 0 radical (unpaired) electrons. The molecular weight excluding hydrogens is 236 g/mol. The number of benzene rings is 1. The topological polar surface area (TPSA) is 61.7 Å². The molecule has 17 heavy (non-hydrogen) atoms. The summed E-state index contributed by atoms with van der Waals surface area (Å²) in [6.45, 7) is 2.03. The van der Waals surface area contributed by atoms with Gasteiger partial charge in [-0.2, -0.15) is 0 Å². The quantitative estimate of drug-likeness (QED) is 0.862. The average molecular weight is 250 g/mol. The maximum absolute atomic E-state index is 10.6. The summed E-state index contributed by atoms with van der Waals surface area (Å²) in [5, 5.41) is 11.9. The number of para-hydroxylation sites is 1. The van der Waals surface area contributed by atoms with Crippen LogP contribution in [0, 0.1) is 0 Å². The number of aliphatic carboxylic acids is 1. The highest BCUT2D eigenvalue weighted by Crippen LogP contribution is 2.37. The third-order valence-electron chi connectivity index (χ3n) is 2.48. The highest BCUT2D eigenvalue weighted by molar-refractivity contribution is 8.00. The van der Waals surface area contributed by atoms with Gasteiger partial charge in [0.15, 0.2) is 0 Å². The molecule has 0 fully saturated rings. The molecule has 1 aromatic carbocycles. The summed E-state index contributed by atoms with van der Waals surface area (Å²) in [7, 11) is 0. The van der Waals surface area contributed by atoms with Gasteiger partial charge in [0, 0.05) is 17.7 Å². The molecule has 0 aromatic heterocycles. The van der Waals surface area contributed by atoms with Crippen LogP contribution >= 0.6 is 11.8 Å². The van der Waals surface area contributed by atoms with Gasteiger partial charge in [0.25, 0.3) is 0 Å². The van der Waals surface area contributed by atoms with Crippen molar-refractivity contribution in [3.8, 4) is 0 Å². The van der Waals surface area contributed by atoms with Crippen molar-refractivity contribution in [3.05, 3.63) is 29.8 Å². The van der Waals surface area contributed by atoms with Crippen molar-refractivity contribution in [2.75, 3.05) is 11.1 Å². The molecule has 1 aliphatic heterocycles. The number of aliphatic imine (C=N–C) groups is 1. The molecule has 0 amide bonds. The second kappa shape index (κ2) is 5.23. The molecule has 2 rings (SSSR count). The average Bonchev–Trinajstić information content (AvgIpc) is 2.35. The Balaban J connectivity index is 2.23. The first-order valence-electron chi connectivity index (χ1n) is 5.46. The molecule has 0 bridgehead atoms. The fourth-order valence-corrected chi connectivity index (χ4v) is 2.57. The highest BCUT2D eigenvalue weighted by atomic mass is 32.2. The van der Waals surface area contributed by atoms with Crippen molar-refractivity contribution in [2.24, 2.45) is 4.99 Å². The number of amidine groups is 1. The van der Waals surface area contributed by atoms with Crippen LogP contribution < -0.4 is 5.32 Å². The van der Waals surface area contributed by atoms with E-state index in [2.05, 4.69) is 10.3 Å². The van der Waals surface area contributed by atoms with Crippen LogP contribution in [-0.4, -0.2) is 22.7 Å². The number of fused-ring (bicyclic) bond motifs is 1. The number of carbonyl (C=O) groups is 1. The van der Waals surface area contributed by atoms with Gasteiger partial charge in [-0.3, -0.25) is 9.79 Å². The van der Waals surface area contributed by atoms with Crippen molar-refractivity contribution in [1.82, 2.24) is 0 Å². The normalized spacial score (nSPS) is 17.9. The van der Waals surface area contributed by atoms with Gasteiger partial charge >= 0.3 is 5.97 Å². The Morgan fingerprint density at radius 2 is 2.29 bits per heavy atom. The van der Waals surface area contributed by atoms with E-state index in [1.807, 2.05) is 31.2 Å². The van der Waals surface area contributed by atoms with Crippen LogP contribution in [0.15, 0.2) is 29.3 Å². The molecule has 0 aliphatic carbocycles. The van der Waals surface area contributed by atoms with Crippen LogP contribution in [0.5, 0.6) is 0 Å². The zero-order valence-electron chi connectivity index (χ0n) is 9.51. The van der Waals surface area contributed by atoms with E-state index in [0.717, 1.165) is 23.5 Å². The van der Waals surface area contributed by atoms with Gasteiger partial charge < -0.3 is 10.4 Å². The Hall–Kier alpha value is -1.49. The van der Waals surface area contributed by atoms with E-state index in [4.69, 9.17) is 5.11 Å². The number of carboxylic acid groups (broad SMARTS) is 1. The maximum Gasteiger partial charge on any atom is 0.313 e. The fraction of sp³-hybridized carbons (Fsp3) is 0.333. The van der Waals surface area contributed by atoms with Crippen LogP contribution in [0.4, 0.5) is 5.69 Å². The molecular formula is C12H14N2O2S. The van der Waals surface area contributed by atoms with Gasteiger partial charge in [0.2, 0.25) is 0 Å². The van der Waals surface area contributed by atoms with E-state index in [9.17, 15) is 4.79 Å². The van der Waals surface area contributed by atoms with Crippen molar-refractivity contribution in [2.45, 2.75) is 18.7 Å². The van der Waals surface area contributed by atoms with E-state index in [1.54, 1.807) is 0 Å². The number of nitrogens with one attached hydrogen (secondary N) is 1. The Morgan fingerprint density at radius 3 is 3.00 bits per heavy atom. The van der Waals surface area contributed by atoms with Crippen molar-refractivity contribution in [3.63, 3.8) is 0 Å². The van der Waals surface area contributed by atoms with Crippen LogP contribution in [0.25, 0.3) is 0 Å². The standard InChI is InChI=1S/C12H14N2O2S/c1-2-10-13-9-6-4-3-5-8(9)12(14-10)17-7-11(15)16/h3-6,12H,2,7H2,1H3,(H,13,14)(H,15,16)/t12-/m1/s1. The number of hydrogen-bond donors (Lipinski definition) is 2. The first-order valence-corrected chi connectivity index (χ1v) is 6.51. The summed E-state index contributed by atoms with van der Waals surface area (Å²) in [5.74, 6) is 0.172. The molecule has 1 aromatic rings. The summed E-state index contributed by atoms with van der Waals surface area (Å²) >= 11 is 1.34. The Kier molecular flexibility index (Phi) is 3.68. The largest absolute Gasteiger partial charge is 0.481 e. The lowest BCUT2D eigenvalue weighted by atomic mass is 10.1.